The number of nitrogens with zero attached hydrogens (tertiary/aromatic N) is 1. The Balaban J connectivity index is 1.37. The summed E-state index contributed by atoms with van der Waals surface area (Å²) in [4.78, 5) is 15.5. The molecule has 7 rings (SSSR count). The van der Waals surface area contributed by atoms with Gasteiger partial charge in [-0.25, -0.2) is 0 Å². The average molecular weight is 457 g/mol. The number of aliphatic hydroxyl groups excluding tert-OH is 1. The van der Waals surface area contributed by atoms with E-state index in [1.54, 1.807) is 0 Å². The molecule has 34 heavy (non-hydrogen) atoms. The van der Waals surface area contributed by atoms with Gasteiger partial charge in [0.1, 0.15) is 0 Å². The molecule has 0 saturated carbocycles. The fraction of sp³-hybridized carbons (Fsp3) is 0.296. The van der Waals surface area contributed by atoms with Gasteiger partial charge in [-0.05, 0) is 41.3 Å². The number of fused-ring (bicyclic) bond motifs is 8. The lowest BCUT2D eigenvalue weighted by molar-refractivity contribution is 0.0434. The van der Waals surface area contributed by atoms with Gasteiger partial charge in [0.2, 0.25) is 13.6 Å². The van der Waals surface area contributed by atoms with Crippen LogP contribution in [0.4, 0.5) is 0 Å². The van der Waals surface area contributed by atoms with Gasteiger partial charge in [-0.2, -0.15) is 0 Å². The molecule has 0 radical (unpaired) electrons. The molecule has 3 aromatic carbocycles. The topological polar surface area (TPSA) is 77.5 Å². The maximum Gasteiger partial charge on any atom is 0.231 e. The van der Waals surface area contributed by atoms with E-state index in [-0.39, 0.29) is 37.9 Å². The Morgan fingerprint density at radius 3 is 2.53 bits per heavy atom. The Morgan fingerprint density at radius 2 is 1.68 bits per heavy atom. The first-order valence-corrected chi connectivity index (χ1v) is 11.5. The third-order valence-corrected chi connectivity index (χ3v) is 7.37. The van der Waals surface area contributed by atoms with Crippen LogP contribution in [-0.2, 0) is 13.0 Å². The van der Waals surface area contributed by atoms with E-state index in [1.807, 2.05) is 54.6 Å². The molecule has 0 spiro atoms. The van der Waals surface area contributed by atoms with E-state index >= 15 is 0 Å². The summed E-state index contributed by atoms with van der Waals surface area (Å²) in [5.41, 5.74) is 4.81. The number of hydrogen-bond acceptors (Lipinski definition) is 7. The lowest BCUT2D eigenvalue weighted by Crippen LogP contribution is -2.46. The number of Topliss-reactive ketones (excluding diaryl/α,β-unsaturated/α-hetero) is 1. The number of carbonyl (C=O) groups excluding carboxylic acids is 1. The molecule has 3 heterocycles. The molecule has 1 N–H and O–H groups in total. The van der Waals surface area contributed by atoms with E-state index in [4.69, 9.17) is 18.9 Å². The Hall–Kier alpha value is -3.55. The SMILES string of the molecule is O=C(CN1Cc2c(ccc3c2OCO3)C2C(O)Cc3cc4c(cc3C21)OCO4)c1ccccc1. The summed E-state index contributed by atoms with van der Waals surface area (Å²) in [5, 5.41) is 11.4. The van der Waals surface area contributed by atoms with Crippen LogP contribution in [-0.4, -0.2) is 42.0 Å². The van der Waals surface area contributed by atoms with Crippen molar-refractivity contribution < 1.29 is 28.8 Å². The first-order chi connectivity index (χ1) is 16.7. The Bertz CT molecular complexity index is 1310. The fourth-order valence-corrected chi connectivity index (χ4v) is 5.89. The maximum absolute atomic E-state index is 13.3. The van der Waals surface area contributed by atoms with Crippen molar-refractivity contribution in [3.8, 4) is 23.0 Å². The summed E-state index contributed by atoms with van der Waals surface area (Å²) in [5.74, 6) is 2.66. The van der Waals surface area contributed by atoms with Crippen molar-refractivity contribution >= 4 is 5.78 Å². The molecule has 0 fully saturated rings. The van der Waals surface area contributed by atoms with Crippen LogP contribution in [0.5, 0.6) is 23.0 Å². The van der Waals surface area contributed by atoms with Gasteiger partial charge >= 0.3 is 0 Å². The van der Waals surface area contributed by atoms with Crippen LogP contribution in [0.15, 0.2) is 54.6 Å². The molecule has 3 aromatic rings. The zero-order valence-corrected chi connectivity index (χ0v) is 18.4. The zero-order chi connectivity index (χ0) is 22.8. The van der Waals surface area contributed by atoms with Gasteiger partial charge in [0.25, 0.3) is 0 Å². The summed E-state index contributed by atoms with van der Waals surface area (Å²) in [6, 6.07) is 17.1. The second-order valence-corrected chi connectivity index (χ2v) is 9.21. The molecule has 3 unspecified atom stereocenters. The first kappa shape index (κ1) is 19.9. The molecule has 0 saturated heterocycles. The third-order valence-electron chi connectivity index (χ3n) is 7.37. The smallest absolute Gasteiger partial charge is 0.231 e. The predicted octanol–water partition coefficient (Wildman–Crippen LogP) is 3.58. The highest BCUT2D eigenvalue weighted by atomic mass is 16.7. The fourth-order valence-electron chi connectivity index (χ4n) is 5.89. The van der Waals surface area contributed by atoms with Gasteiger partial charge < -0.3 is 24.1 Å². The van der Waals surface area contributed by atoms with Crippen LogP contribution >= 0.6 is 0 Å². The molecule has 172 valence electrons. The van der Waals surface area contributed by atoms with Gasteiger partial charge in [-0.3, -0.25) is 9.69 Å². The van der Waals surface area contributed by atoms with Crippen LogP contribution < -0.4 is 18.9 Å². The van der Waals surface area contributed by atoms with Crippen molar-refractivity contribution in [2.75, 3.05) is 20.1 Å². The number of carbonyl (C=O) groups is 1. The predicted molar refractivity (Wildman–Crippen MR) is 122 cm³/mol. The van der Waals surface area contributed by atoms with E-state index in [0.29, 0.717) is 35.8 Å². The summed E-state index contributed by atoms with van der Waals surface area (Å²) >= 11 is 0. The number of hydrogen-bond donors (Lipinski definition) is 1. The van der Waals surface area contributed by atoms with Crippen LogP contribution in [0.3, 0.4) is 0 Å². The highest BCUT2D eigenvalue weighted by Crippen LogP contribution is 2.54. The number of rotatable bonds is 3. The number of ketones is 1. The summed E-state index contributed by atoms with van der Waals surface area (Å²) in [7, 11) is 0. The normalized spacial score (nSPS) is 23.7. The van der Waals surface area contributed by atoms with Gasteiger partial charge in [-0.15, -0.1) is 0 Å². The molecule has 0 aromatic heterocycles. The molecule has 3 atom stereocenters. The molecule has 7 nitrogen and oxygen atoms in total. The van der Waals surface area contributed by atoms with Crippen molar-refractivity contribution in [1.29, 1.82) is 0 Å². The summed E-state index contributed by atoms with van der Waals surface area (Å²) < 4.78 is 22.7. The van der Waals surface area contributed by atoms with Crippen LogP contribution in [0.2, 0.25) is 0 Å². The first-order valence-electron chi connectivity index (χ1n) is 11.5. The highest BCUT2D eigenvalue weighted by molar-refractivity contribution is 5.97. The molecule has 4 aliphatic rings. The quantitative estimate of drug-likeness (QED) is 0.603. The largest absolute Gasteiger partial charge is 0.454 e. The molecule has 0 amide bonds. The van der Waals surface area contributed by atoms with Gasteiger partial charge in [0, 0.05) is 29.6 Å². The molecule has 3 aliphatic heterocycles. The lowest BCUT2D eigenvalue weighted by Gasteiger charge is -2.47. The van der Waals surface area contributed by atoms with Crippen LogP contribution in [0, 0.1) is 0 Å². The number of benzene rings is 3. The minimum Gasteiger partial charge on any atom is -0.454 e. The van der Waals surface area contributed by atoms with Gasteiger partial charge in [0.05, 0.1) is 12.6 Å². The maximum atomic E-state index is 13.3. The molecular formula is C27H23NO6. The lowest BCUT2D eigenvalue weighted by atomic mass is 9.70. The Morgan fingerprint density at radius 1 is 0.912 bits per heavy atom. The monoisotopic (exact) mass is 457 g/mol. The van der Waals surface area contributed by atoms with Gasteiger partial charge in [-0.1, -0.05) is 36.4 Å². The second-order valence-electron chi connectivity index (χ2n) is 9.21. The minimum atomic E-state index is -0.619. The average Bonchev–Trinajstić information content (AvgIpc) is 3.52. The van der Waals surface area contributed by atoms with Crippen molar-refractivity contribution in [3.63, 3.8) is 0 Å². The van der Waals surface area contributed by atoms with Gasteiger partial charge in [0.15, 0.2) is 28.8 Å². The zero-order valence-electron chi connectivity index (χ0n) is 18.4. The van der Waals surface area contributed by atoms with Crippen molar-refractivity contribution in [2.45, 2.75) is 31.0 Å². The van der Waals surface area contributed by atoms with Crippen molar-refractivity contribution in [2.24, 2.45) is 0 Å². The Kier molecular flexibility index (Phi) is 4.37. The number of ether oxygens (including phenoxy) is 4. The van der Waals surface area contributed by atoms with Crippen LogP contribution in [0.25, 0.3) is 0 Å². The van der Waals surface area contributed by atoms with Crippen molar-refractivity contribution in [1.82, 2.24) is 4.90 Å². The third kappa shape index (κ3) is 2.94. The molecule has 1 aliphatic carbocycles. The van der Waals surface area contributed by atoms with Crippen LogP contribution in [0.1, 0.15) is 44.6 Å². The number of aliphatic hydroxyl groups is 1. The minimum absolute atomic E-state index is 0.0369. The highest BCUT2D eigenvalue weighted by Gasteiger charge is 2.46. The van der Waals surface area contributed by atoms with E-state index in [1.165, 1.54) is 0 Å². The standard InChI is InChI=1S/C27H23NO6/c29-20-8-16-9-23-24(33-13-32-23)10-18(16)26-25(20)17-6-7-22-27(34-14-31-22)19(17)11-28(26)12-21(30)15-4-2-1-3-5-15/h1-7,9-10,20,25-26,29H,8,11-14H2. The van der Waals surface area contributed by atoms with Crippen molar-refractivity contribution in [3.05, 3.63) is 82.4 Å². The second kappa shape index (κ2) is 7.48. The summed E-state index contributed by atoms with van der Waals surface area (Å²) in [6.45, 7) is 1.10. The molecule has 0 bridgehead atoms. The van der Waals surface area contributed by atoms with E-state index in [2.05, 4.69) is 4.90 Å². The molecular weight excluding hydrogens is 434 g/mol. The summed E-state index contributed by atoms with van der Waals surface area (Å²) in [6.07, 6.45) is -0.117. The van der Waals surface area contributed by atoms with E-state index in [9.17, 15) is 9.90 Å². The van der Waals surface area contributed by atoms with E-state index < -0.39 is 6.10 Å². The van der Waals surface area contributed by atoms with E-state index in [0.717, 1.165) is 28.0 Å². The Labute approximate surface area is 196 Å². The molecule has 7 heteroatoms.